The van der Waals surface area contributed by atoms with Crippen LogP contribution in [0, 0.1) is 24.6 Å². The number of hydrogen-bond donors (Lipinski definition) is 1. The van der Waals surface area contributed by atoms with Gasteiger partial charge >= 0.3 is 5.97 Å². The summed E-state index contributed by atoms with van der Waals surface area (Å²) in [5.41, 5.74) is 1.19. The fourth-order valence-corrected chi connectivity index (χ4v) is 6.84. The molecule has 3 atom stereocenters. The molecule has 0 aromatic heterocycles. The Hall–Kier alpha value is -1.90. The second kappa shape index (κ2) is 9.71. The van der Waals surface area contributed by atoms with Crippen molar-refractivity contribution in [2.45, 2.75) is 43.4 Å². The highest BCUT2D eigenvalue weighted by molar-refractivity contribution is 7.99. The van der Waals surface area contributed by atoms with Gasteiger partial charge in [0.2, 0.25) is 10.0 Å². The minimum atomic E-state index is -4.02. The summed E-state index contributed by atoms with van der Waals surface area (Å²) < 4.78 is 43.0. The molecule has 2 aromatic carbocycles. The number of hydrogen-bond acceptors (Lipinski definition) is 4. The number of benzene rings is 2. The van der Waals surface area contributed by atoms with E-state index in [4.69, 9.17) is 0 Å². The van der Waals surface area contributed by atoms with Gasteiger partial charge in [-0.25, -0.2) is 12.8 Å². The Labute approximate surface area is 187 Å². The van der Waals surface area contributed by atoms with Crippen molar-refractivity contribution in [3.05, 3.63) is 65.5 Å². The van der Waals surface area contributed by atoms with Crippen LogP contribution >= 0.6 is 11.8 Å². The molecular formula is C23H28FNO4S2. The Bertz CT molecular complexity index is 1020. The van der Waals surface area contributed by atoms with Crippen molar-refractivity contribution in [2.75, 3.05) is 12.3 Å². The zero-order valence-electron chi connectivity index (χ0n) is 17.9. The predicted octanol–water partition coefficient (Wildman–Crippen LogP) is 4.73. The van der Waals surface area contributed by atoms with Gasteiger partial charge in [-0.1, -0.05) is 49.7 Å². The number of aliphatic carboxylic acids is 1. The fourth-order valence-electron chi connectivity index (χ4n) is 3.82. The number of carboxylic acids is 1. The molecule has 1 N–H and O–H groups in total. The smallest absolute Gasteiger partial charge is 0.308 e. The lowest BCUT2D eigenvalue weighted by Crippen LogP contribution is -2.49. The third-order valence-electron chi connectivity index (χ3n) is 5.48. The molecule has 5 nitrogen and oxygen atoms in total. The molecule has 0 amide bonds. The molecule has 1 aliphatic heterocycles. The number of piperidine rings is 1. The summed E-state index contributed by atoms with van der Waals surface area (Å²) in [7, 11) is -4.02. The molecular weight excluding hydrogens is 437 g/mol. The van der Waals surface area contributed by atoms with Crippen molar-refractivity contribution >= 4 is 27.8 Å². The first-order valence-corrected chi connectivity index (χ1v) is 12.8. The molecule has 3 rings (SSSR count). The van der Waals surface area contributed by atoms with E-state index in [1.165, 1.54) is 34.3 Å². The van der Waals surface area contributed by atoms with E-state index in [1.807, 2.05) is 20.8 Å². The number of halogens is 1. The van der Waals surface area contributed by atoms with Crippen molar-refractivity contribution < 1.29 is 22.7 Å². The Morgan fingerprint density at radius 1 is 1.19 bits per heavy atom. The number of carbonyl (C=O) groups is 1. The van der Waals surface area contributed by atoms with Crippen LogP contribution in [0.5, 0.6) is 0 Å². The van der Waals surface area contributed by atoms with Gasteiger partial charge in [0.05, 0.1) is 16.9 Å². The van der Waals surface area contributed by atoms with Gasteiger partial charge in [0.1, 0.15) is 5.82 Å². The Balaban J connectivity index is 2.06. The summed E-state index contributed by atoms with van der Waals surface area (Å²) >= 11 is 1.53. The number of sulfonamides is 1. The summed E-state index contributed by atoms with van der Waals surface area (Å²) in [6.45, 7) is 5.76. The Morgan fingerprint density at radius 3 is 2.42 bits per heavy atom. The molecule has 0 unspecified atom stereocenters. The maximum absolute atomic E-state index is 14.7. The lowest BCUT2D eigenvalue weighted by Gasteiger charge is -2.42. The molecule has 1 aliphatic rings. The molecule has 0 aliphatic carbocycles. The molecule has 1 fully saturated rings. The molecule has 8 heteroatoms. The van der Waals surface area contributed by atoms with E-state index in [0.717, 1.165) is 11.3 Å². The summed E-state index contributed by atoms with van der Waals surface area (Å²) in [6, 6.07) is 11.8. The molecule has 2 aromatic rings. The topological polar surface area (TPSA) is 74.7 Å². The lowest BCUT2D eigenvalue weighted by molar-refractivity contribution is -0.143. The maximum atomic E-state index is 14.7. The van der Waals surface area contributed by atoms with Crippen molar-refractivity contribution in [3.8, 4) is 0 Å². The SMILES string of the molecule is Cc1ccc(S(=O)(=O)N2C[C@@H](C(=O)O)[C@H](SCC(C)C)C[C@H]2c2ccccc2F)cc1. The van der Waals surface area contributed by atoms with Crippen molar-refractivity contribution in [1.29, 1.82) is 0 Å². The van der Waals surface area contributed by atoms with Crippen molar-refractivity contribution in [3.63, 3.8) is 0 Å². The fraction of sp³-hybridized carbons (Fsp3) is 0.435. The monoisotopic (exact) mass is 465 g/mol. The van der Waals surface area contributed by atoms with Crippen LogP contribution in [0.15, 0.2) is 53.4 Å². The molecule has 1 saturated heterocycles. The van der Waals surface area contributed by atoms with E-state index in [-0.39, 0.29) is 28.7 Å². The largest absolute Gasteiger partial charge is 0.481 e. The van der Waals surface area contributed by atoms with E-state index in [0.29, 0.717) is 5.92 Å². The van der Waals surface area contributed by atoms with Gasteiger partial charge in [-0.3, -0.25) is 4.79 Å². The third-order valence-corrected chi connectivity index (χ3v) is 9.18. The highest BCUT2D eigenvalue weighted by atomic mass is 32.2. The Kier molecular flexibility index (Phi) is 7.44. The van der Waals surface area contributed by atoms with Crippen LogP contribution in [0.2, 0.25) is 0 Å². The first-order valence-electron chi connectivity index (χ1n) is 10.3. The van der Waals surface area contributed by atoms with Gasteiger partial charge in [-0.15, -0.1) is 0 Å². The zero-order valence-corrected chi connectivity index (χ0v) is 19.5. The maximum Gasteiger partial charge on any atom is 0.308 e. The highest BCUT2D eigenvalue weighted by Gasteiger charge is 2.45. The highest BCUT2D eigenvalue weighted by Crippen LogP contribution is 2.43. The van der Waals surface area contributed by atoms with Crippen LogP contribution in [-0.2, 0) is 14.8 Å². The van der Waals surface area contributed by atoms with E-state index < -0.39 is 33.8 Å². The first-order chi connectivity index (χ1) is 14.6. The van der Waals surface area contributed by atoms with Crippen LogP contribution in [0.1, 0.15) is 37.4 Å². The van der Waals surface area contributed by atoms with Gasteiger partial charge in [-0.05, 0) is 43.2 Å². The molecule has 0 saturated carbocycles. The number of carboxylic acid groups (broad SMARTS) is 1. The van der Waals surface area contributed by atoms with Gasteiger partial charge in [0.15, 0.2) is 0 Å². The average Bonchev–Trinajstić information content (AvgIpc) is 2.72. The third kappa shape index (κ3) is 5.30. The molecule has 1 heterocycles. The van der Waals surface area contributed by atoms with Crippen molar-refractivity contribution in [1.82, 2.24) is 4.31 Å². The number of thioether (sulfide) groups is 1. The summed E-state index contributed by atoms with van der Waals surface area (Å²) in [4.78, 5) is 12.1. The molecule has 0 bridgehead atoms. The van der Waals surface area contributed by atoms with E-state index in [1.54, 1.807) is 30.3 Å². The van der Waals surface area contributed by atoms with E-state index >= 15 is 0 Å². The van der Waals surface area contributed by atoms with Gasteiger partial charge in [0.25, 0.3) is 0 Å². The Morgan fingerprint density at radius 2 is 1.84 bits per heavy atom. The minimum absolute atomic E-state index is 0.0804. The zero-order chi connectivity index (χ0) is 22.8. The van der Waals surface area contributed by atoms with Gasteiger partial charge < -0.3 is 5.11 Å². The normalized spacial score (nSPS) is 22.5. The summed E-state index contributed by atoms with van der Waals surface area (Å²) in [5, 5.41) is 9.56. The molecule has 31 heavy (non-hydrogen) atoms. The number of rotatable bonds is 7. The van der Waals surface area contributed by atoms with Crippen LogP contribution < -0.4 is 0 Å². The van der Waals surface area contributed by atoms with Crippen LogP contribution in [0.4, 0.5) is 4.39 Å². The molecule has 0 radical (unpaired) electrons. The van der Waals surface area contributed by atoms with Crippen LogP contribution in [0.25, 0.3) is 0 Å². The van der Waals surface area contributed by atoms with E-state index in [9.17, 15) is 22.7 Å². The van der Waals surface area contributed by atoms with Gasteiger partial charge in [-0.2, -0.15) is 16.1 Å². The van der Waals surface area contributed by atoms with E-state index in [2.05, 4.69) is 0 Å². The average molecular weight is 466 g/mol. The molecule has 168 valence electrons. The second-order valence-electron chi connectivity index (χ2n) is 8.37. The summed E-state index contributed by atoms with van der Waals surface area (Å²) in [5.74, 6) is -1.27. The van der Waals surface area contributed by atoms with Crippen LogP contribution in [0.3, 0.4) is 0 Å². The second-order valence-corrected chi connectivity index (χ2v) is 11.5. The number of nitrogens with zero attached hydrogens (tertiary/aromatic N) is 1. The van der Waals surface area contributed by atoms with Crippen molar-refractivity contribution in [2.24, 2.45) is 11.8 Å². The quantitative estimate of drug-likeness (QED) is 0.640. The van der Waals surface area contributed by atoms with Gasteiger partial charge in [0, 0.05) is 17.4 Å². The standard InChI is InChI=1S/C23H28FNO4S2/c1-15(2)14-30-22-12-21(18-6-4-5-7-20(18)24)25(13-19(22)23(26)27)31(28,29)17-10-8-16(3)9-11-17/h4-11,15,19,21-22H,12-14H2,1-3H3,(H,26,27)/t19-,21+,22-/m1/s1. The van der Waals surface area contributed by atoms with Crippen LogP contribution in [-0.4, -0.2) is 41.3 Å². The molecule has 0 spiro atoms. The minimum Gasteiger partial charge on any atom is -0.481 e. The number of aryl methyl sites for hydroxylation is 1. The summed E-state index contributed by atoms with van der Waals surface area (Å²) in [6.07, 6.45) is 0.236. The predicted molar refractivity (Wildman–Crippen MR) is 121 cm³/mol. The lowest BCUT2D eigenvalue weighted by atomic mass is 9.90. The first kappa shape index (κ1) is 23.8.